The fourth-order valence-corrected chi connectivity index (χ4v) is 5.51. The lowest BCUT2D eigenvalue weighted by Gasteiger charge is -2.35. The summed E-state index contributed by atoms with van der Waals surface area (Å²) in [6.07, 6.45) is 6.84. The van der Waals surface area contributed by atoms with E-state index < -0.39 is 5.67 Å². The van der Waals surface area contributed by atoms with E-state index in [-0.39, 0.29) is 5.92 Å². The maximum Gasteiger partial charge on any atom is 0.177 e. The van der Waals surface area contributed by atoms with Gasteiger partial charge >= 0.3 is 0 Å². The number of hydrogen-bond acceptors (Lipinski definition) is 3. The van der Waals surface area contributed by atoms with Crippen molar-refractivity contribution < 1.29 is 4.39 Å². The zero-order valence-electron chi connectivity index (χ0n) is 17.2. The molecule has 2 aromatic heterocycles. The van der Waals surface area contributed by atoms with E-state index in [0.717, 1.165) is 47.6 Å². The number of halogens is 2. The third-order valence-corrected chi connectivity index (χ3v) is 7.64. The molecule has 1 aromatic carbocycles. The van der Waals surface area contributed by atoms with Crippen LogP contribution in [0, 0.1) is 12.8 Å². The zero-order valence-corrected chi connectivity index (χ0v) is 18.8. The molecule has 2 atom stereocenters. The highest BCUT2D eigenvalue weighted by Crippen LogP contribution is 2.50. The summed E-state index contributed by atoms with van der Waals surface area (Å²) >= 11 is 3.77. The molecule has 2 fully saturated rings. The quantitative estimate of drug-likeness (QED) is 0.454. The molecule has 1 aliphatic heterocycles. The molecular weight excluding hydrogens is 443 g/mol. The summed E-state index contributed by atoms with van der Waals surface area (Å²) in [6.45, 7) is 7.85. The van der Waals surface area contributed by atoms with E-state index in [0.29, 0.717) is 18.8 Å². The van der Waals surface area contributed by atoms with E-state index in [1.165, 1.54) is 17.2 Å². The molecule has 2 unspecified atom stereocenters. The van der Waals surface area contributed by atoms with Gasteiger partial charge in [-0.15, -0.1) is 10.2 Å². The Hall–Kier alpha value is -2.21. The first kappa shape index (κ1) is 19.7. The van der Waals surface area contributed by atoms with Gasteiger partial charge in [0, 0.05) is 31.6 Å². The highest BCUT2D eigenvalue weighted by Gasteiger charge is 2.53. The number of nitrogens with zero attached hydrogens (tertiary/aromatic N) is 4. The van der Waals surface area contributed by atoms with Crippen LogP contribution in [0.3, 0.4) is 0 Å². The lowest BCUT2D eigenvalue weighted by Crippen LogP contribution is -2.33. The molecule has 4 nitrogen and oxygen atoms in total. The van der Waals surface area contributed by atoms with Gasteiger partial charge in [-0.1, -0.05) is 36.9 Å². The number of allylic oxidation sites excluding steroid dienone is 1. The monoisotopic (exact) mass is 468 g/mol. The highest BCUT2D eigenvalue weighted by atomic mass is 79.9. The maximum atomic E-state index is 14.3. The molecule has 3 heterocycles. The van der Waals surface area contributed by atoms with Gasteiger partial charge in [-0.2, -0.15) is 0 Å². The van der Waals surface area contributed by atoms with Gasteiger partial charge in [0.15, 0.2) is 5.65 Å². The summed E-state index contributed by atoms with van der Waals surface area (Å²) in [5, 5.41) is 8.74. The summed E-state index contributed by atoms with van der Waals surface area (Å²) in [6, 6.07) is 10.9. The van der Waals surface area contributed by atoms with Crippen LogP contribution in [0.1, 0.15) is 42.1 Å². The first-order chi connectivity index (χ1) is 14.5. The molecule has 0 bridgehead atoms. The molecule has 0 N–H and O–H groups in total. The summed E-state index contributed by atoms with van der Waals surface area (Å²) in [5.74, 6) is 1.39. The number of pyridine rings is 1. The van der Waals surface area contributed by atoms with E-state index >= 15 is 0 Å². The summed E-state index contributed by atoms with van der Waals surface area (Å²) in [4.78, 5) is 2.43. The van der Waals surface area contributed by atoms with Crippen molar-refractivity contribution in [2.75, 3.05) is 18.0 Å². The predicted octanol–water partition coefficient (Wildman–Crippen LogP) is 5.64. The van der Waals surface area contributed by atoms with E-state index in [9.17, 15) is 4.39 Å². The van der Waals surface area contributed by atoms with Crippen molar-refractivity contribution in [2.45, 2.75) is 44.2 Å². The lowest BCUT2D eigenvalue weighted by atomic mass is 9.87. The third-order valence-electron chi connectivity index (χ3n) is 6.88. The topological polar surface area (TPSA) is 33.4 Å². The van der Waals surface area contributed by atoms with Crippen molar-refractivity contribution in [3.8, 4) is 0 Å². The molecule has 0 spiro atoms. The largest absolute Gasteiger partial charge is 0.370 e. The van der Waals surface area contributed by atoms with Gasteiger partial charge in [0.25, 0.3) is 0 Å². The second-order valence-corrected chi connectivity index (χ2v) is 9.47. The van der Waals surface area contributed by atoms with Crippen LogP contribution in [-0.2, 0) is 6.42 Å². The van der Waals surface area contributed by atoms with Crippen LogP contribution in [-0.4, -0.2) is 33.4 Å². The molecule has 30 heavy (non-hydrogen) atoms. The number of hydrogen-bond donors (Lipinski definition) is 0. The molecule has 1 aliphatic carbocycles. The van der Waals surface area contributed by atoms with E-state index in [4.69, 9.17) is 0 Å². The first-order valence-corrected chi connectivity index (χ1v) is 11.4. The van der Waals surface area contributed by atoms with Gasteiger partial charge in [0.05, 0.1) is 10.2 Å². The van der Waals surface area contributed by atoms with Crippen LogP contribution >= 0.6 is 15.9 Å². The van der Waals surface area contributed by atoms with Crippen LogP contribution in [0.5, 0.6) is 0 Å². The minimum Gasteiger partial charge on any atom is -0.370 e. The van der Waals surface area contributed by atoms with Crippen molar-refractivity contribution in [1.29, 1.82) is 0 Å². The minimum atomic E-state index is -1.23. The van der Waals surface area contributed by atoms with Gasteiger partial charge in [-0.25, -0.2) is 4.39 Å². The SMILES string of the molecule is C=CC1(F)CC1Cc1nnc2c(Br)c(N3CCC(c4ccccc4C)CC3)ccn12. The predicted molar refractivity (Wildman–Crippen MR) is 122 cm³/mol. The number of aryl methyl sites for hydroxylation is 1. The number of rotatable bonds is 5. The van der Waals surface area contributed by atoms with Gasteiger partial charge in [0.1, 0.15) is 11.5 Å². The Morgan fingerprint density at radius 2 is 2.00 bits per heavy atom. The number of aromatic nitrogens is 3. The van der Waals surface area contributed by atoms with Crippen LogP contribution in [0.15, 0.2) is 53.7 Å². The molecule has 6 heteroatoms. The number of alkyl halides is 1. The van der Waals surface area contributed by atoms with Crippen molar-refractivity contribution in [2.24, 2.45) is 5.92 Å². The molecular formula is C24H26BrFN4. The van der Waals surface area contributed by atoms with Gasteiger partial charge in [-0.05, 0) is 65.2 Å². The number of piperidine rings is 1. The second kappa shape index (κ2) is 7.49. The van der Waals surface area contributed by atoms with Crippen LogP contribution in [0.4, 0.5) is 10.1 Å². The normalized spacial score (nSPS) is 24.4. The number of benzene rings is 1. The Labute approximate surface area is 184 Å². The van der Waals surface area contributed by atoms with Crippen LogP contribution in [0.2, 0.25) is 0 Å². The number of anilines is 1. The average molecular weight is 469 g/mol. The summed E-state index contributed by atoms with van der Waals surface area (Å²) in [7, 11) is 0. The third kappa shape index (κ3) is 3.35. The molecule has 0 amide bonds. The molecule has 1 saturated carbocycles. The molecule has 1 saturated heterocycles. The van der Waals surface area contributed by atoms with Gasteiger partial charge < -0.3 is 4.90 Å². The fraction of sp³-hybridized carbons (Fsp3) is 0.417. The smallest absolute Gasteiger partial charge is 0.177 e. The Bertz CT molecular complexity index is 1100. The van der Waals surface area contributed by atoms with Crippen molar-refractivity contribution in [3.63, 3.8) is 0 Å². The fourth-order valence-electron chi connectivity index (χ4n) is 4.85. The number of fused-ring (bicyclic) bond motifs is 1. The maximum absolute atomic E-state index is 14.3. The van der Waals surface area contributed by atoms with Gasteiger partial charge in [-0.3, -0.25) is 4.40 Å². The molecule has 2 aliphatic rings. The summed E-state index contributed by atoms with van der Waals surface area (Å²) < 4.78 is 17.2. The van der Waals surface area contributed by atoms with Crippen molar-refractivity contribution >= 4 is 27.3 Å². The van der Waals surface area contributed by atoms with Crippen molar-refractivity contribution in [3.05, 3.63) is 70.6 Å². The van der Waals surface area contributed by atoms with Gasteiger partial charge in [0.2, 0.25) is 0 Å². The highest BCUT2D eigenvalue weighted by molar-refractivity contribution is 9.10. The molecule has 5 rings (SSSR count). The Morgan fingerprint density at radius 3 is 2.70 bits per heavy atom. The lowest BCUT2D eigenvalue weighted by molar-refractivity contribution is 0.347. The van der Waals surface area contributed by atoms with E-state index in [1.807, 2.05) is 10.6 Å². The van der Waals surface area contributed by atoms with Crippen LogP contribution in [0.25, 0.3) is 5.65 Å². The average Bonchev–Trinajstić information content (AvgIpc) is 3.22. The standard InChI is InChI=1S/C24H26BrFN4/c1-3-24(26)15-18(24)14-21-27-28-23-22(25)20(10-13-30(21)23)29-11-8-17(9-12-29)19-7-5-4-6-16(19)2/h3-7,10,13,17-18H,1,8-9,11-12,14-15H2,2H3. The van der Waals surface area contributed by atoms with E-state index in [1.54, 1.807) is 0 Å². The minimum absolute atomic E-state index is 0.0404. The summed E-state index contributed by atoms with van der Waals surface area (Å²) in [5.41, 5.74) is 3.59. The molecule has 3 aromatic rings. The Kier molecular flexibility index (Phi) is 4.92. The second-order valence-electron chi connectivity index (χ2n) is 8.68. The van der Waals surface area contributed by atoms with Crippen molar-refractivity contribution in [1.82, 2.24) is 14.6 Å². The first-order valence-electron chi connectivity index (χ1n) is 10.7. The molecule has 0 radical (unpaired) electrons. The van der Waals surface area contributed by atoms with Crippen LogP contribution < -0.4 is 4.90 Å². The Morgan fingerprint density at radius 1 is 1.23 bits per heavy atom. The zero-order chi connectivity index (χ0) is 20.9. The van der Waals surface area contributed by atoms with E-state index in [2.05, 4.69) is 74.9 Å². The molecule has 156 valence electrons. The Balaban J connectivity index is 1.33.